The third-order valence-electron chi connectivity index (χ3n) is 2.77. The van der Waals surface area contributed by atoms with E-state index in [1.165, 1.54) is 24.3 Å². The smallest absolute Gasteiger partial charge is 0.269 e. The van der Waals surface area contributed by atoms with Crippen LogP contribution in [0.25, 0.3) is 0 Å². The van der Waals surface area contributed by atoms with Crippen LogP contribution in [0.5, 0.6) is 0 Å². The number of nitrogens with zero attached hydrogens (tertiary/aromatic N) is 1. The lowest BCUT2D eigenvalue weighted by Crippen LogP contribution is -2.35. The number of carbonyl (C=O) groups is 1. The van der Waals surface area contributed by atoms with Gasteiger partial charge in [-0.15, -0.1) is 0 Å². The largest absolute Gasteiger partial charge is 0.392 e. The average Bonchev–Trinajstić information content (AvgIpc) is 2.76. The SMILES string of the molecule is O=C(Nc1ccc([N+](=O)[O-])cc1)[C@H]1C[C@H](O)CN1. The molecular formula is C11H13N3O4. The fraction of sp³-hybridized carbons (Fsp3) is 0.364. The number of aliphatic hydroxyl groups excluding tert-OH is 1. The van der Waals surface area contributed by atoms with Crippen LogP contribution in [0.4, 0.5) is 11.4 Å². The van der Waals surface area contributed by atoms with E-state index < -0.39 is 17.1 Å². The molecule has 7 heteroatoms. The number of non-ortho nitro benzene ring substituents is 1. The van der Waals surface area contributed by atoms with Gasteiger partial charge < -0.3 is 15.7 Å². The van der Waals surface area contributed by atoms with Gasteiger partial charge in [0.2, 0.25) is 5.91 Å². The van der Waals surface area contributed by atoms with E-state index in [1.54, 1.807) is 0 Å². The molecule has 1 aromatic rings. The molecule has 0 saturated carbocycles. The molecule has 1 aromatic carbocycles. The van der Waals surface area contributed by atoms with Gasteiger partial charge in [-0.2, -0.15) is 0 Å². The van der Waals surface area contributed by atoms with Crippen molar-refractivity contribution < 1.29 is 14.8 Å². The Hall–Kier alpha value is -1.99. The number of nitro groups is 1. The van der Waals surface area contributed by atoms with E-state index in [-0.39, 0.29) is 11.6 Å². The quantitative estimate of drug-likeness (QED) is 0.528. The van der Waals surface area contributed by atoms with Crippen molar-refractivity contribution in [1.29, 1.82) is 0 Å². The molecule has 1 aliphatic heterocycles. The minimum atomic E-state index is -0.502. The van der Waals surface area contributed by atoms with E-state index in [0.29, 0.717) is 18.7 Å². The maximum atomic E-state index is 11.8. The summed E-state index contributed by atoms with van der Waals surface area (Å²) in [4.78, 5) is 21.7. The van der Waals surface area contributed by atoms with Gasteiger partial charge in [-0.3, -0.25) is 14.9 Å². The summed E-state index contributed by atoms with van der Waals surface area (Å²) in [6.07, 6.45) is -0.128. The summed E-state index contributed by atoms with van der Waals surface area (Å²) < 4.78 is 0. The lowest BCUT2D eigenvalue weighted by molar-refractivity contribution is -0.384. The summed E-state index contributed by atoms with van der Waals surface area (Å²) in [5.41, 5.74) is 0.469. The fourth-order valence-electron chi connectivity index (χ4n) is 1.81. The summed E-state index contributed by atoms with van der Waals surface area (Å²) in [5, 5.41) is 25.3. The van der Waals surface area contributed by atoms with Crippen LogP contribution in [0.1, 0.15) is 6.42 Å². The number of nitrogens with one attached hydrogen (secondary N) is 2. The molecule has 0 radical (unpaired) electrons. The second kappa shape index (κ2) is 5.11. The Kier molecular flexibility index (Phi) is 3.54. The minimum absolute atomic E-state index is 0.0255. The van der Waals surface area contributed by atoms with Crippen molar-refractivity contribution in [3.8, 4) is 0 Å². The van der Waals surface area contributed by atoms with Crippen LogP contribution in [0, 0.1) is 10.1 Å². The first-order valence-corrected chi connectivity index (χ1v) is 5.53. The average molecular weight is 251 g/mol. The van der Waals surface area contributed by atoms with Crippen molar-refractivity contribution in [2.75, 3.05) is 11.9 Å². The number of β-amino-alcohol motifs (C(OH)–C–C–N with tert-alkyl or cyclic N) is 1. The molecule has 0 bridgehead atoms. The zero-order chi connectivity index (χ0) is 13.1. The van der Waals surface area contributed by atoms with Crippen molar-refractivity contribution in [2.45, 2.75) is 18.6 Å². The van der Waals surface area contributed by atoms with Gasteiger partial charge in [-0.1, -0.05) is 0 Å². The minimum Gasteiger partial charge on any atom is -0.392 e. The van der Waals surface area contributed by atoms with E-state index in [2.05, 4.69) is 10.6 Å². The second-order valence-electron chi connectivity index (χ2n) is 4.14. The molecule has 96 valence electrons. The number of anilines is 1. The van der Waals surface area contributed by atoms with Crippen molar-refractivity contribution >= 4 is 17.3 Å². The number of hydrogen-bond acceptors (Lipinski definition) is 5. The molecular weight excluding hydrogens is 238 g/mol. The number of nitro benzene ring substituents is 1. The summed E-state index contributed by atoms with van der Waals surface area (Å²) in [6.45, 7) is 0.401. The van der Waals surface area contributed by atoms with Gasteiger partial charge in [0.1, 0.15) is 0 Å². The standard InChI is InChI=1S/C11H13N3O4/c15-9-5-10(12-6-9)11(16)13-7-1-3-8(4-2-7)14(17)18/h1-4,9-10,12,15H,5-6H2,(H,13,16)/t9-,10+/m0/s1. The summed E-state index contributed by atoms with van der Waals surface area (Å²) in [5.74, 6) is -0.250. The van der Waals surface area contributed by atoms with Crippen molar-refractivity contribution in [1.82, 2.24) is 5.32 Å². The van der Waals surface area contributed by atoms with Gasteiger partial charge in [0.05, 0.1) is 17.1 Å². The van der Waals surface area contributed by atoms with E-state index >= 15 is 0 Å². The predicted octanol–water partition coefficient (Wildman–Crippen LogP) is 0.256. The molecule has 7 nitrogen and oxygen atoms in total. The van der Waals surface area contributed by atoms with Gasteiger partial charge in [-0.05, 0) is 18.6 Å². The Balaban J connectivity index is 1.97. The Bertz CT molecular complexity index is 460. The van der Waals surface area contributed by atoms with Gasteiger partial charge in [0, 0.05) is 24.4 Å². The van der Waals surface area contributed by atoms with Gasteiger partial charge >= 0.3 is 0 Å². The van der Waals surface area contributed by atoms with Gasteiger partial charge in [-0.25, -0.2) is 0 Å². The lowest BCUT2D eigenvalue weighted by atomic mass is 10.2. The number of aliphatic hydroxyl groups is 1. The second-order valence-corrected chi connectivity index (χ2v) is 4.14. The van der Waals surface area contributed by atoms with Gasteiger partial charge in [0.15, 0.2) is 0 Å². The Morgan fingerprint density at radius 1 is 1.44 bits per heavy atom. The van der Waals surface area contributed by atoms with Crippen LogP contribution >= 0.6 is 0 Å². The summed E-state index contributed by atoms with van der Waals surface area (Å²) in [7, 11) is 0. The maximum absolute atomic E-state index is 11.8. The Morgan fingerprint density at radius 2 is 2.11 bits per heavy atom. The van der Waals surface area contributed by atoms with Crippen molar-refractivity contribution in [3.05, 3.63) is 34.4 Å². The summed E-state index contributed by atoms with van der Waals surface area (Å²) >= 11 is 0. The molecule has 0 spiro atoms. The maximum Gasteiger partial charge on any atom is 0.269 e. The van der Waals surface area contributed by atoms with Crippen LogP contribution < -0.4 is 10.6 Å². The molecule has 0 aliphatic carbocycles. The first-order valence-electron chi connectivity index (χ1n) is 5.53. The first kappa shape index (κ1) is 12.5. The normalized spacial score (nSPS) is 22.7. The van der Waals surface area contributed by atoms with E-state index in [0.717, 1.165) is 0 Å². The molecule has 2 atom stereocenters. The molecule has 18 heavy (non-hydrogen) atoms. The van der Waals surface area contributed by atoms with Crippen molar-refractivity contribution in [3.63, 3.8) is 0 Å². The van der Waals surface area contributed by atoms with E-state index in [4.69, 9.17) is 0 Å². The first-order chi connectivity index (χ1) is 8.56. The van der Waals surface area contributed by atoms with Gasteiger partial charge in [0.25, 0.3) is 5.69 Å². The zero-order valence-electron chi connectivity index (χ0n) is 9.50. The predicted molar refractivity (Wildman–Crippen MR) is 64.1 cm³/mol. The topological polar surface area (TPSA) is 104 Å². The van der Waals surface area contributed by atoms with Crippen LogP contribution in [-0.4, -0.2) is 34.6 Å². The molecule has 1 aliphatic rings. The van der Waals surface area contributed by atoms with E-state index in [1.807, 2.05) is 0 Å². The highest BCUT2D eigenvalue weighted by Crippen LogP contribution is 2.16. The number of rotatable bonds is 3. The molecule has 1 heterocycles. The molecule has 1 amide bonds. The van der Waals surface area contributed by atoms with Crippen LogP contribution in [0.3, 0.4) is 0 Å². The number of amides is 1. The Labute approximate surface area is 103 Å². The third kappa shape index (κ3) is 2.82. The number of benzene rings is 1. The molecule has 0 aromatic heterocycles. The highest BCUT2D eigenvalue weighted by Gasteiger charge is 2.27. The number of hydrogen-bond donors (Lipinski definition) is 3. The van der Waals surface area contributed by atoms with Crippen LogP contribution in [-0.2, 0) is 4.79 Å². The monoisotopic (exact) mass is 251 g/mol. The molecule has 2 rings (SSSR count). The third-order valence-corrected chi connectivity index (χ3v) is 2.77. The fourth-order valence-corrected chi connectivity index (χ4v) is 1.81. The Morgan fingerprint density at radius 3 is 2.61 bits per heavy atom. The molecule has 0 unspecified atom stereocenters. The highest BCUT2D eigenvalue weighted by molar-refractivity contribution is 5.95. The highest BCUT2D eigenvalue weighted by atomic mass is 16.6. The summed E-state index contributed by atoms with van der Waals surface area (Å²) in [6, 6.07) is 5.18. The number of carbonyl (C=O) groups excluding carboxylic acids is 1. The zero-order valence-corrected chi connectivity index (χ0v) is 9.50. The van der Waals surface area contributed by atoms with Crippen LogP contribution in [0.15, 0.2) is 24.3 Å². The van der Waals surface area contributed by atoms with Crippen molar-refractivity contribution in [2.24, 2.45) is 0 Å². The molecule has 1 fully saturated rings. The molecule has 1 saturated heterocycles. The van der Waals surface area contributed by atoms with Crippen LogP contribution in [0.2, 0.25) is 0 Å². The lowest BCUT2D eigenvalue weighted by Gasteiger charge is -2.10. The van der Waals surface area contributed by atoms with E-state index in [9.17, 15) is 20.0 Å². The molecule has 3 N–H and O–H groups in total.